The minimum absolute atomic E-state index is 0.222. The van der Waals surface area contributed by atoms with Crippen molar-refractivity contribution in [3.8, 4) is 0 Å². The monoisotopic (exact) mass is 325 g/mol. The number of pyridine rings is 1. The number of likely N-dealkylation sites (tertiary alicyclic amines) is 1. The van der Waals surface area contributed by atoms with E-state index in [4.69, 9.17) is 0 Å². The van der Waals surface area contributed by atoms with E-state index in [1.165, 1.54) is 25.8 Å². The Morgan fingerprint density at radius 3 is 2.75 bits per heavy atom. The third kappa shape index (κ3) is 2.59. The Hall–Kier alpha value is -1.61. The fourth-order valence-electron chi connectivity index (χ4n) is 5.80. The van der Waals surface area contributed by atoms with Gasteiger partial charge in [-0.05, 0) is 30.9 Å². The summed E-state index contributed by atoms with van der Waals surface area (Å²) >= 11 is 0. The molecule has 3 nitrogen and oxygen atoms in total. The van der Waals surface area contributed by atoms with Crippen molar-refractivity contribution in [3.63, 3.8) is 0 Å². The molecule has 0 radical (unpaired) electrons. The van der Waals surface area contributed by atoms with Crippen LogP contribution in [-0.2, 0) is 6.54 Å². The highest BCUT2D eigenvalue weighted by atomic mass is 16.1. The van der Waals surface area contributed by atoms with Crippen LogP contribution in [0.25, 0.3) is 10.9 Å². The van der Waals surface area contributed by atoms with Gasteiger partial charge in [-0.3, -0.25) is 4.79 Å². The third-order valence-electron chi connectivity index (χ3n) is 6.30. The molecule has 1 saturated carbocycles. The Morgan fingerprint density at radius 2 is 1.96 bits per heavy atom. The van der Waals surface area contributed by atoms with Gasteiger partial charge in [0.25, 0.3) is 0 Å². The molecule has 2 bridgehead atoms. The van der Waals surface area contributed by atoms with Gasteiger partial charge in [-0.2, -0.15) is 0 Å². The molecule has 2 heterocycles. The van der Waals surface area contributed by atoms with Gasteiger partial charge in [-0.15, -0.1) is 0 Å². The summed E-state index contributed by atoms with van der Waals surface area (Å²) in [5, 5.41) is 0.825. The van der Waals surface area contributed by atoms with Crippen molar-refractivity contribution in [3.05, 3.63) is 45.7 Å². The van der Waals surface area contributed by atoms with Gasteiger partial charge >= 0.3 is 0 Å². The van der Waals surface area contributed by atoms with Gasteiger partial charge in [-0.1, -0.05) is 32.9 Å². The first kappa shape index (κ1) is 15.9. The molecule has 1 saturated heterocycles. The number of H-pyrrole nitrogens is 1. The van der Waals surface area contributed by atoms with Crippen LogP contribution in [0.4, 0.5) is 0 Å². The van der Waals surface area contributed by atoms with Crippen LogP contribution in [0.5, 0.6) is 0 Å². The minimum Gasteiger partial charge on any atom is -0.358 e. The number of para-hydroxylation sites is 1. The molecule has 3 atom stereocenters. The maximum absolute atomic E-state index is 13.0. The zero-order chi connectivity index (χ0) is 17.1. The summed E-state index contributed by atoms with van der Waals surface area (Å²) < 4.78 is 0. The van der Waals surface area contributed by atoms with Crippen LogP contribution in [0.1, 0.15) is 51.3 Å². The maximum Gasteiger partial charge on any atom is 0.198 e. The number of nitrogens with one attached hydrogen (secondary N) is 2. The quantitative estimate of drug-likeness (QED) is 0.875. The molecule has 128 valence electrons. The Balaban J connectivity index is 1.70. The normalized spacial score (nSPS) is 31.5. The molecule has 1 aromatic carbocycles. The first-order valence-electron chi connectivity index (χ1n) is 9.22. The summed E-state index contributed by atoms with van der Waals surface area (Å²) in [7, 11) is 0. The number of aromatic nitrogens is 1. The molecule has 3 heteroatoms. The molecule has 2 aliphatic rings. The molecule has 1 aliphatic heterocycles. The summed E-state index contributed by atoms with van der Waals surface area (Å²) in [6, 6.07) is 8.57. The number of quaternary nitrogens is 1. The SMILES string of the molecule is Cc1[nH]c2ccccc2c(=O)c1C[NH+]1C[C@@]2(C)C[C@@H]1CC(C)(C)C2. The number of aromatic amines is 1. The molecule has 24 heavy (non-hydrogen) atoms. The first-order chi connectivity index (χ1) is 11.3. The average molecular weight is 325 g/mol. The van der Waals surface area contributed by atoms with Gasteiger partial charge in [0.2, 0.25) is 0 Å². The lowest BCUT2D eigenvalue weighted by Crippen LogP contribution is -3.12. The third-order valence-corrected chi connectivity index (χ3v) is 6.30. The van der Waals surface area contributed by atoms with Gasteiger partial charge in [0.15, 0.2) is 5.43 Å². The highest BCUT2D eigenvalue weighted by Gasteiger charge is 2.52. The second-order valence-electron chi connectivity index (χ2n) is 9.37. The molecule has 1 aliphatic carbocycles. The van der Waals surface area contributed by atoms with Crippen LogP contribution in [0.15, 0.2) is 29.1 Å². The summed E-state index contributed by atoms with van der Waals surface area (Å²) in [6.07, 6.45) is 3.91. The zero-order valence-corrected chi connectivity index (χ0v) is 15.3. The largest absolute Gasteiger partial charge is 0.358 e. The number of rotatable bonds is 2. The highest BCUT2D eigenvalue weighted by Crippen LogP contribution is 2.47. The van der Waals surface area contributed by atoms with E-state index in [9.17, 15) is 4.79 Å². The van der Waals surface area contributed by atoms with E-state index in [0.29, 0.717) is 16.9 Å². The van der Waals surface area contributed by atoms with Crippen LogP contribution in [0.2, 0.25) is 0 Å². The van der Waals surface area contributed by atoms with E-state index in [2.05, 4.69) is 32.7 Å². The first-order valence-corrected chi connectivity index (χ1v) is 9.22. The van der Waals surface area contributed by atoms with Crippen molar-refractivity contribution in [1.29, 1.82) is 0 Å². The highest BCUT2D eigenvalue weighted by molar-refractivity contribution is 5.79. The second kappa shape index (κ2) is 5.19. The van der Waals surface area contributed by atoms with Gasteiger partial charge in [0, 0.05) is 34.9 Å². The molecular formula is C21H29N2O+. The number of fused-ring (bicyclic) bond motifs is 3. The van der Waals surface area contributed by atoms with E-state index < -0.39 is 0 Å². The van der Waals surface area contributed by atoms with Crippen molar-refractivity contribution < 1.29 is 4.90 Å². The van der Waals surface area contributed by atoms with Crippen LogP contribution in [-0.4, -0.2) is 17.6 Å². The van der Waals surface area contributed by atoms with Crippen LogP contribution in [0, 0.1) is 17.8 Å². The molecule has 2 fully saturated rings. The lowest BCUT2D eigenvalue weighted by atomic mass is 9.65. The summed E-state index contributed by atoms with van der Waals surface area (Å²) in [5.74, 6) is 0. The van der Waals surface area contributed by atoms with E-state index in [1.807, 2.05) is 24.3 Å². The predicted molar refractivity (Wildman–Crippen MR) is 98.4 cm³/mol. The van der Waals surface area contributed by atoms with E-state index in [1.54, 1.807) is 4.90 Å². The van der Waals surface area contributed by atoms with E-state index in [0.717, 1.165) is 28.7 Å². The predicted octanol–water partition coefficient (Wildman–Crippen LogP) is 2.82. The number of hydrogen-bond acceptors (Lipinski definition) is 1. The second-order valence-corrected chi connectivity index (χ2v) is 9.37. The lowest BCUT2D eigenvalue weighted by Gasteiger charge is -2.37. The topological polar surface area (TPSA) is 37.3 Å². The fourth-order valence-corrected chi connectivity index (χ4v) is 5.80. The molecule has 2 aromatic rings. The van der Waals surface area contributed by atoms with Crippen LogP contribution < -0.4 is 10.3 Å². The van der Waals surface area contributed by atoms with Crippen molar-refractivity contribution in [2.75, 3.05) is 6.54 Å². The molecule has 1 unspecified atom stereocenters. The maximum atomic E-state index is 13.0. The standard InChI is InChI=1S/C21H28N2O/c1-14-17(19(24)16-7-5-6-8-18(16)22-14)11-23-13-21(4)10-15(23)9-20(2,3)12-21/h5-8,15H,9-13H2,1-4H3,(H,22,24)/p+1/t15-,21-/m0/s1. The Kier molecular flexibility index (Phi) is 3.44. The number of hydrogen-bond donors (Lipinski definition) is 2. The van der Waals surface area contributed by atoms with Crippen LogP contribution in [0.3, 0.4) is 0 Å². The van der Waals surface area contributed by atoms with E-state index in [-0.39, 0.29) is 5.43 Å². The van der Waals surface area contributed by atoms with Gasteiger partial charge in [-0.25, -0.2) is 0 Å². The van der Waals surface area contributed by atoms with E-state index >= 15 is 0 Å². The molecule has 0 amide bonds. The van der Waals surface area contributed by atoms with Crippen molar-refractivity contribution >= 4 is 10.9 Å². The smallest absolute Gasteiger partial charge is 0.198 e. The van der Waals surface area contributed by atoms with Crippen LogP contribution >= 0.6 is 0 Å². The number of aryl methyl sites for hydroxylation is 1. The Labute approximate surface area is 144 Å². The summed E-state index contributed by atoms with van der Waals surface area (Å²) in [5.41, 5.74) is 4.07. The van der Waals surface area contributed by atoms with Crippen molar-refractivity contribution in [1.82, 2.24) is 4.98 Å². The van der Waals surface area contributed by atoms with Crippen molar-refractivity contribution in [2.24, 2.45) is 10.8 Å². The lowest BCUT2D eigenvalue weighted by molar-refractivity contribution is -0.928. The average Bonchev–Trinajstić information content (AvgIpc) is 2.72. The molecule has 2 N–H and O–H groups in total. The Bertz CT molecular complexity index is 851. The summed E-state index contributed by atoms with van der Waals surface area (Å²) in [6.45, 7) is 11.4. The molecule has 1 aromatic heterocycles. The number of benzene rings is 1. The van der Waals surface area contributed by atoms with Gasteiger partial charge in [0.1, 0.15) is 6.54 Å². The van der Waals surface area contributed by atoms with Crippen molar-refractivity contribution in [2.45, 2.75) is 59.5 Å². The Morgan fingerprint density at radius 1 is 1.21 bits per heavy atom. The zero-order valence-electron chi connectivity index (χ0n) is 15.3. The minimum atomic E-state index is 0.222. The van der Waals surface area contributed by atoms with Gasteiger partial charge in [0.05, 0.1) is 18.2 Å². The molecular weight excluding hydrogens is 296 g/mol. The van der Waals surface area contributed by atoms with Gasteiger partial charge < -0.3 is 9.88 Å². The summed E-state index contributed by atoms with van der Waals surface area (Å²) in [4.78, 5) is 18.1. The molecule has 0 spiro atoms. The fraction of sp³-hybridized carbons (Fsp3) is 0.571. The molecule has 4 rings (SSSR count).